The summed E-state index contributed by atoms with van der Waals surface area (Å²) in [4.78, 5) is 0. The van der Waals surface area contributed by atoms with Gasteiger partial charge in [0.15, 0.2) is 0 Å². The summed E-state index contributed by atoms with van der Waals surface area (Å²) in [5.74, 6) is -0.810. The predicted octanol–water partition coefficient (Wildman–Crippen LogP) is 3.12. The van der Waals surface area contributed by atoms with Crippen LogP contribution in [0.5, 0.6) is 0 Å². The van der Waals surface area contributed by atoms with E-state index in [2.05, 4.69) is 21.0 Å². The van der Waals surface area contributed by atoms with Gasteiger partial charge in [-0.1, -0.05) is 0 Å². The fourth-order valence-corrected chi connectivity index (χ4v) is 1.89. The van der Waals surface area contributed by atoms with E-state index in [-0.39, 0.29) is 6.04 Å². The van der Waals surface area contributed by atoms with Crippen molar-refractivity contribution in [1.29, 1.82) is 0 Å². The zero-order valence-corrected chi connectivity index (χ0v) is 10.6. The maximum Gasteiger partial charge on any atom is 0.136 e. The maximum absolute atomic E-state index is 13.1. The summed E-state index contributed by atoms with van der Waals surface area (Å²) in [6.45, 7) is 1.77. The van der Waals surface area contributed by atoms with Gasteiger partial charge in [-0.15, -0.1) is 0 Å². The summed E-state index contributed by atoms with van der Waals surface area (Å²) in [6.07, 6.45) is 1.54. The third kappa shape index (κ3) is 2.31. The molecule has 0 fully saturated rings. The summed E-state index contributed by atoms with van der Waals surface area (Å²) >= 11 is 3.23. The molecule has 1 atom stereocenters. The van der Waals surface area contributed by atoms with E-state index in [1.807, 2.05) is 0 Å². The number of rotatable bonds is 2. The van der Waals surface area contributed by atoms with Crippen molar-refractivity contribution < 1.29 is 8.78 Å². The highest BCUT2D eigenvalue weighted by atomic mass is 79.9. The molecule has 0 spiro atoms. The SMILES string of the molecule is CC(c1cc(F)cc(F)c1)n1ncc(Br)c1N. The Labute approximate surface area is 105 Å². The normalized spacial score (nSPS) is 12.7. The Kier molecular flexibility index (Phi) is 3.15. The molecule has 0 aliphatic heterocycles. The number of halogens is 3. The van der Waals surface area contributed by atoms with E-state index in [9.17, 15) is 8.78 Å². The quantitative estimate of drug-likeness (QED) is 0.926. The van der Waals surface area contributed by atoms with Gasteiger partial charge in [0.1, 0.15) is 17.5 Å². The van der Waals surface area contributed by atoms with Crippen molar-refractivity contribution in [2.75, 3.05) is 5.73 Å². The van der Waals surface area contributed by atoms with E-state index >= 15 is 0 Å². The van der Waals surface area contributed by atoms with Crippen molar-refractivity contribution in [2.45, 2.75) is 13.0 Å². The molecule has 1 heterocycles. The van der Waals surface area contributed by atoms with E-state index in [1.54, 1.807) is 13.1 Å². The monoisotopic (exact) mass is 301 g/mol. The van der Waals surface area contributed by atoms with E-state index in [1.165, 1.54) is 16.8 Å². The molecule has 90 valence electrons. The number of aromatic nitrogens is 2. The van der Waals surface area contributed by atoms with Crippen molar-refractivity contribution in [3.8, 4) is 0 Å². The number of hydrogen-bond donors (Lipinski definition) is 1. The Morgan fingerprint density at radius 1 is 1.29 bits per heavy atom. The van der Waals surface area contributed by atoms with Crippen LogP contribution in [-0.2, 0) is 0 Å². The van der Waals surface area contributed by atoms with Crippen LogP contribution in [0.25, 0.3) is 0 Å². The summed E-state index contributed by atoms with van der Waals surface area (Å²) in [7, 11) is 0. The van der Waals surface area contributed by atoms with Gasteiger partial charge < -0.3 is 5.73 Å². The average Bonchev–Trinajstić information content (AvgIpc) is 2.57. The fourth-order valence-electron chi connectivity index (χ4n) is 1.62. The molecule has 1 aromatic carbocycles. The fraction of sp³-hybridized carbons (Fsp3) is 0.182. The average molecular weight is 302 g/mol. The standard InChI is InChI=1S/C11H10BrF2N3/c1-6(17-11(15)10(12)5-16-17)7-2-8(13)4-9(14)3-7/h2-6H,15H2,1H3. The van der Waals surface area contributed by atoms with Crippen molar-refractivity contribution in [3.05, 3.63) is 46.1 Å². The van der Waals surface area contributed by atoms with Crippen molar-refractivity contribution >= 4 is 21.7 Å². The second kappa shape index (κ2) is 4.44. The van der Waals surface area contributed by atoms with Crippen LogP contribution in [0.1, 0.15) is 18.5 Å². The Balaban J connectivity index is 2.43. The number of nitrogens with zero attached hydrogens (tertiary/aromatic N) is 2. The second-order valence-electron chi connectivity index (χ2n) is 3.70. The van der Waals surface area contributed by atoms with Crippen LogP contribution in [0.2, 0.25) is 0 Å². The van der Waals surface area contributed by atoms with Crippen molar-refractivity contribution in [3.63, 3.8) is 0 Å². The molecule has 0 saturated heterocycles. The van der Waals surface area contributed by atoms with Crippen molar-refractivity contribution in [1.82, 2.24) is 9.78 Å². The first-order chi connectivity index (χ1) is 7.99. The van der Waals surface area contributed by atoms with E-state index < -0.39 is 11.6 Å². The molecule has 0 radical (unpaired) electrons. The highest BCUT2D eigenvalue weighted by Gasteiger charge is 2.15. The van der Waals surface area contributed by atoms with Gasteiger partial charge in [0.25, 0.3) is 0 Å². The molecule has 1 aromatic heterocycles. The third-order valence-electron chi connectivity index (χ3n) is 2.52. The first-order valence-electron chi connectivity index (χ1n) is 4.93. The van der Waals surface area contributed by atoms with Crippen molar-refractivity contribution in [2.24, 2.45) is 0 Å². The lowest BCUT2D eigenvalue weighted by molar-refractivity contribution is 0.544. The van der Waals surface area contributed by atoms with Crippen LogP contribution in [0.4, 0.5) is 14.6 Å². The molecule has 2 rings (SSSR count). The minimum Gasteiger partial charge on any atom is -0.383 e. The molecular weight excluding hydrogens is 292 g/mol. The number of benzene rings is 1. The third-order valence-corrected chi connectivity index (χ3v) is 3.13. The maximum atomic E-state index is 13.1. The molecule has 0 aliphatic rings. The molecule has 1 unspecified atom stereocenters. The molecule has 6 heteroatoms. The summed E-state index contributed by atoms with van der Waals surface area (Å²) < 4.78 is 28.4. The topological polar surface area (TPSA) is 43.8 Å². The number of hydrogen-bond acceptors (Lipinski definition) is 2. The molecular formula is C11H10BrF2N3. The molecule has 0 amide bonds. The zero-order valence-electron chi connectivity index (χ0n) is 8.99. The largest absolute Gasteiger partial charge is 0.383 e. The Bertz CT molecular complexity index is 533. The molecule has 3 nitrogen and oxygen atoms in total. The summed E-state index contributed by atoms with van der Waals surface area (Å²) in [5, 5.41) is 4.05. The highest BCUT2D eigenvalue weighted by Crippen LogP contribution is 2.26. The molecule has 0 aliphatic carbocycles. The number of nitrogen functional groups attached to an aromatic ring is 1. The second-order valence-corrected chi connectivity index (χ2v) is 4.56. The minimum atomic E-state index is -0.614. The van der Waals surface area contributed by atoms with Crippen LogP contribution >= 0.6 is 15.9 Å². The van der Waals surface area contributed by atoms with Gasteiger partial charge in [0, 0.05) is 6.07 Å². The lowest BCUT2D eigenvalue weighted by Gasteiger charge is -2.14. The van der Waals surface area contributed by atoms with Gasteiger partial charge in [0.05, 0.1) is 16.7 Å². The molecule has 17 heavy (non-hydrogen) atoms. The summed E-state index contributed by atoms with van der Waals surface area (Å²) in [5.41, 5.74) is 6.26. The zero-order chi connectivity index (χ0) is 12.6. The number of nitrogens with two attached hydrogens (primary N) is 1. The first kappa shape index (κ1) is 12.0. The van der Waals surface area contributed by atoms with Crippen LogP contribution in [0, 0.1) is 11.6 Å². The van der Waals surface area contributed by atoms with Crippen LogP contribution in [0.3, 0.4) is 0 Å². The Hall–Kier alpha value is -1.43. The van der Waals surface area contributed by atoms with Crippen LogP contribution in [-0.4, -0.2) is 9.78 Å². The van der Waals surface area contributed by atoms with E-state index in [0.29, 0.717) is 15.9 Å². The van der Waals surface area contributed by atoms with Gasteiger partial charge in [-0.25, -0.2) is 13.5 Å². The van der Waals surface area contributed by atoms with Gasteiger partial charge in [-0.2, -0.15) is 5.10 Å². The molecule has 2 N–H and O–H groups in total. The van der Waals surface area contributed by atoms with Gasteiger partial charge in [0.2, 0.25) is 0 Å². The lowest BCUT2D eigenvalue weighted by atomic mass is 10.1. The van der Waals surface area contributed by atoms with E-state index in [0.717, 1.165) is 6.07 Å². The van der Waals surface area contributed by atoms with Gasteiger partial charge >= 0.3 is 0 Å². The highest BCUT2D eigenvalue weighted by molar-refractivity contribution is 9.10. The molecule has 2 aromatic rings. The first-order valence-corrected chi connectivity index (χ1v) is 5.73. The lowest BCUT2D eigenvalue weighted by Crippen LogP contribution is -2.12. The Morgan fingerprint density at radius 2 is 1.88 bits per heavy atom. The van der Waals surface area contributed by atoms with E-state index in [4.69, 9.17) is 5.73 Å². The Morgan fingerprint density at radius 3 is 2.35 bits per heavy atom. The minimum absolute atomic E-state index is 0.341. The number of anilines is 1. The summed E-state index contributed by atoms with van der Waals surface area (Å²) in [6, 6.07) is 3.02. The van der Waals surface area contributed by atoms with Gasteiger partial charge in [-0.3, -0.25) is 0 Å². The smallest absolute Gasteiger partial charge is 0.136 e. The van der Waals surface area contributed by atoms with Crippen LogP contribution in [0.15, 0.2) is 28.9 Å². The molecule has 0 saturated carbocycles. The predicted molar refractivity (Wildman–Crippen MR) is 64.5 cm³/mol. The van der Waals surface area contributed by atoms with Crippen LogP contribution < -0.4 is 5.73 Å². The van der Waals surface area contributed by atoms with Gasteiger partial charge in [-0.05, 0) is 40.5 Å². The molecule has 0 bridgehead atoms.